The molecule has 0 saturated carbocycles. The Balaban J connectivity index is 2.12. The summed E-state index contributed by atoms with van der Waals surface area (Å²) in [6.07, 6.45) is 1.35. The Morgan fingerprint density at radius 3 is 2.24 bits per heavy atom. The highest BCUT2D eigenvalue weighted by atomic mass is 35.5. The summed E-state index contributed by atoms with van der Waals surface area (Å²) in [5.74, 6) is -0.486. The monoisotopic (exact) mass is 361 g/mol. The van der Waals surface area contributed by atoms with Crippen LogP contribution < -0.4 is 5.43 Å². The zero-order chi connectivity index (χ0) is 15.4. The Morgan fingerprint density at radius 2 is 1.67 bits per heavy atom. The van der Waals surface area contributed by atoms with Crippen molar-refractivity contribution >= 4 is 58.5 Å². The first kappa shape index (κ1) is 16.0. The number of rotatable bonds is 3. The summed E-state index contributed by atoms with van der Waals surface area (Å²) in [6, 6.07) is 7.79. The highest BCUT2D eigenvalue weighted by molar-refractivity contribution is 6.38. The van der Waals surface area contributed by atoms with Crippen LogP contribution in [0.5, 0.6) is 0 Å². The van der Waals surface area contributed by atoms with E-state index in [1.54, 1.807) is 18.2 Å². The van der Waals surface area contributed by atoms with Gasteiger partial charge in [-0.3, -0.25) is 4.79 Å². The number of benzene rings is 1. The Hall–Kier alpha value is -1.33. The summed E-state index contributed by atoms with van der Waals surface area (Å²) in [5.41, 5.74) is 3.07. The molecule has 1 heterocycles. The second-order valence-electron chi connectivity index (χ2n) is 3.84. The van der Waals surface area contributed by atoms with Gasteiger partial charge in [0.15, 0.2) is 0 Å². The maximum atomic E-state index is 11.9. The van der Waals surface area contributed by atoms with Gasteiger partial charge in [0.1, 0.15) is 10.3 Å². The first-order valence-electron chi connectivity index (χ1n) is 5.58. The molecular formula is C13H7Cl4N3O. The van der Waals surface area contributed by atoms with Crippen LogP contribution >= 0.6 is 46.4 Å². The van der Waals surface area contributed by atoms with Crippen molar-refractivity contribution in [2.45, 2.75) is 0 Å². The van der Waals surface area contributed by atoms with E-state index in [4.69, 9.17) is 46.4 Å². The van der Waals surface area contributed by atoms with E-state index in [1.807, 2.05) is 0 Å². The van der Waals surface area contributed by atoms with E-state index in [1.165, 1.54) is 18.3 Å². The molecule has 0 unspecified atom stereocenters. The third-order valence-electron chi connectivity index (χ3n) is 2.38. The maximum absolute atomic E-state index is 11.9. The quantitative estimate of drug-likeness (QED) is 0.498. The lowest BCUT2D eigenvalue weighted by molar-refractivity contribution is 0.0955. The number of halogens is 4. The number of hydrogen-bond donors (Lipinski definition) is 1. The average molecular weight is 363 g/mol. The zero-order valence-corrected chi connectivity index (χ0v) is 13.3. The Kier molecular flexibility index (Phi) is 5.42. The van der Waals surface area contributed by atoms with E-state index < -0.39 is 5.91 Å². The van der Waals surface area contributed by atoms with E-state index in [0.717, 1.165) is 0 Å². The Labute approximate surface area is 140 Å². The van der Waals surface area contributed by atoms with E-state index in [0.29, 0.717) is 15.6 Å². The van der Waals surface area contributed by atoms with Crippen molar-refractivity contribution in [1.82, 2.24) is 10.4 Å². The van der Waals surface area contributed by atoms with Gasteiger partial charge >= 0.3 is 0 Å². The summed E-state index contributed by atoms with van der Waals surface area (Å²) in [6.45, 7) is 0. The van der Waals surface area contributed by atoms with Crippen LogP contribution in [-0.4, -0.2) is 17.1 Å². The topological polar surface area (TPSA) is 54.4 Å². The van der Waals surface area contributed by atoms with Gasteiger partial charge < -0.3 is 0 Å². The Bertz CT molecular complexity index is 678. The summed E-state index contributed by atoms with van der Waals surface area (Å²) in [5, 5.41) is 4.88. The maximum Gasteiger partial charge on any atom is 0.271 e. The molecule has 1 aromatic carbocycles. The van der Waals surface area contributed by atoms with Gasteiger partial charge in [0.25, 0.3) is 5.91 Å². The standard InChI is InChI=1S/C13H7Cl4N3O/c14-9-2-1-3-10(15)8(9)6-18-20-13(21)7-4-11(16)19-12(17)5-7/h1-6H,(H,20,21)/b18-6-. The molecule has 0 saturated heterocycles. The predicted octanol–water partition coefficient (Wildman–Crippen LogP) is 4.46. The third-order valence-corrected chi connectivity index (χ3v) is 3.43. The SMILES string of the molecule is O=C(N/N=C\c1c(Cl)cccc1Cl)c1cc(Cl)nc(Cl)c1. The average Bonchev–Trinajstić information content (AvgIpc) is 2.40. The highest BCUT2D eigenvalue weighted by Crippen LogP contribution is 2.22. The van der Waals surface area contributed by atoms with Gasteiger partial charge in [0.2, 0.25) is 0 Å². The fraction of sp³-hybridized carbons (Fsp3) is 0. The molecule has 0 radical (unpaired) electrons. The number of carbonyl (C=O) groups excluding carboxylic acids is 1. The molecule has 1 aromatic heterocycles. The van der Waals surface area contributed by atoms with Gasteiger partial charge in [-0.1, -0.05) is 52.5 Å². The minimum atomic E-state index is -0.486. The molecule has 1 N–H and O–H groups in total. The molecule has 0 bridgehead atoms. The smallest absolute Gasteiger partial charge is 0.267 e. The van der Waals surface area contributed by atoms with Crippen molar-refractivity contribution in [3.63, 3.8) is 0 Å². The minimum absolute atomic E-state index is 0.116. The molecule has 0 fully saturated rings. The number of carbonyl (C=O) groups is 1. The molecule has 8 heteroatoms. The van der Waals surface area contributed by atoms with Gasteiger partial charge in [-0.25, -0.2) is 10.4 Å². The lowest BCUT2D eigenvalue weighted by atomic mass is 10.2. The van der Waals surface area contributed by atoms with Crippen LogP contribution in [0, 0.1) is 0 Å². The first-order valence-corrected chi connectivity index (χ1v) is 7.09. The fourth-order valence-corrected chi connectivity index (χ4v) is 2.41. The zero-order valence-electron chi connectivity index (χ0n) is 10.3. The van der Waals surface area contributed by atoms with Crippen LogP contribution in [0.1, 0.15) is 15.9 Å². The van der Waals surface area contributed by atoms with E-state index in [9.17, 15) is 4.79 Å². The van der Waals surface area contributed by atoms with Crippen molar-refractivity contribution in [2.75, 3.05) is 0 Å². The highest BCUT2D eigenvalue weighted by Gasteiger charge is 2.08. The van der Waals surface area contributed by atoms with Crippen molar-refractivity contribution in [3.05, 3.63) is 61.8 Å². The van der Waals surface area contributed by atoms with Crippen LogP contribution in [0.3, 0.4) is 0 Å². The van der Waals surface area contributed by atoms with Crippen LogP contribution in [0.25, 0.3) is 0 Å². The molecule has 2 aromatic rings. The molecule has 0 aliphatic carbocycles. The lowest BCUT2D eigenvalue weighted by Crippen LogP contribution is -2.17. The first-order chi connectivity index (χ1) is 9.97. The number of aromatic nitrogens is 1. The number of hydrogen-bond acceptors (Lipinski definition) is 3. The predicted molar refractivity (Wildman–Crippen MR) is 85.8 cm³/mol. The number of amides is 1. The number of pyridine rings is 1. The molecule has 1 amide bonds. The summed E-state index contributed by atoms with van der Waals surface area (Å²) in [7, 11) is 0. The van der Waals surface area contributed by atoms with E-state index >= 15 is 0 Å². The lowest BCUT2D eigenvalue weighted by Gasteiger charge is -2.02. The van der Waals surface area contributed by atoms with Gasteiger partial charge in [-0.15, -0.1) is 0 Å². The van der Waals surface area contributed by atoms with Crippen molar-refractivity contribution < 1.29 is 4.79 Å². The largest absolute Gasteiger partial charge is 0.271 e. The second kappa shape index (κ2) is 7.09. The molecule has 0 aliphatic rings. The van der Waals surface area contributed by atoms with Crippen LogP contribution in [-0.2, 0) is 0 Å². The molecule has 0 atom stereocenters. The fourth-order valence-electron chi connectivity index (χ4n) is 1.45. The molecule has 108 valence electrons. The summed E-state index contributed by atoms with van der Waals surface area (Å²) >= 11 is 23.4. The van der Waals surface area contributed by atoms with Crippen molar-refractivity contribution in [3.8, 4) is 0 Å². The summed E-state index contributed by atoms with van der Waals surface area (Å²) < 4.78 is 0. The normalized spacial score (nSPS) is 10.9. The van der Waals surface area contributed by atoms with E-state index in [-0.39, 0.29) is 15.9 Å². The van der Waals surface area contributed by atoms with Crippen molar-refractivity contribution in [2.24, 2.45) is 5.10 Å². The molecule has 21 heavy (non-hydrogen) atoms. The number of nitrogens with one attached hydrogen (secondary N) is 1. The van der Waals surface area contributed by atoms with E-state index in [2.05, 4.69) is 15.5 Å². The van der Waals surface area contributed by atoms with Crippen LogP contribution in [0.2, 0.25) is 20.4 Å². The molecule has 4 nitrogen and oxygen atoms in total. The van der Waals surface area contributed by atoms with Gasteiger partial charge in [-0.05, 0) is 24.3 Å². The molecule has 0 spiro atoms. The van der Waals surface area contributed by atoms with Gasteiger partial charge in [0, 0.05) is 11.1 Å². The molecule has 0 aliphatic heterocycles. The van der Waals surface area contributed by atoms with Crippen molar-refractivity contribution in [1.29, 1.82) is 0 Å². The molecular weight excluding hydrogens is 356 g/mol. The number of hydrazone groups is 1. The minimum Gasteiger partial charge on any atom is -0.267 e. The number of nitrogens with zero attached hydrogens (tertiary/aromatic N) is 2. The van der Waals surface area contributed by atoms with Gasteiger partial charge in [0.05, 0.1) is 16.3 Å². The third kappa shape index (κ3) is 4.32. The van der Waals surface area contributed by atoms with Gasteiger partial charge in [-0.2, -0.15) is 5.10 Å². The Morgan fingerprint density at radius 1 is 1.10 bits per heavy atom. The summed E-state index contributed by atoms with van der Waals surface area (Å²) in [4.78, 5) is 15.6. The van der Waals surface area contributed by atoms with Crippen LogP contribution in [0.15, 0.2) is 35.4 Å². The molecule has 2 rings (SSSR count). The second-order valence-corrected chi connectivity index (χ2v) is 5.42. The van der Waals surface area contributed by atoms with Crippen LogP contribution in [0.4, 0.5) is 0 Å².